The quantitative estimate of drug-likeness (QED) is 0.515. The largest absolute Gasteiger partial charge is 0.310 e. The van der Waals surface area contributed by atoms with E-state index in [9.17, 15) is 4.79 Å². The van der Waals surface area contributed by atoms with Crippen molar-refractivity contribution >= 4 is 5.91 Å². The van der Waals surface area contributed by atoms with E-state index in [1.165, 1.54) is 18.4 Å². The van der Waals surface area contributed by atoms with E-state index in [0.717, 1.165) is 17.8 Å². The highest BCUT2D eigenvalue weighted by molar-refractivity contribution is 5.74. The number of carbonyl (C=O) groups is 1. The molecule has 1 heterocycles. The van der Waals surface area contributed by atoms with Crippen molar-refractivity contribution in [1.82, 2.24) is 20.6 Å². The van der Waals surface area contributed by atoms with E-state index in [0.29, 0.717) is 19.0 Å². The predicted octanol–water partition coefficient (Wildman–Crippen LogP) is 2.09. The lowest BCUT2D eigenvalue weighted by atomic mass is 10.1. The van der Waals surface area contributed by atoms with E-state index >= 15 is 0 Å². The van der Waals surface area contributed by atoms with Crippen LogP contribution in [-0.2, 0) is 17.9 Å². The average Bonchev–Trinajstić information content (AvgIpc) is 3.33. The Hall–Kier alpha value is -2.18. The minimum Gasteiger partial charge on any atom is -0.310 e. The lowest BCUT2D eigenvalue weighted by Crippen LogP contribution is -2.18. The van der Waals surface area contributed by atoms with Gasteiger partial charge in [-0.25, -0.2) is 5.48 Å². The number of nitrogens with one attached hydrogen (secondary N) is 2. The van der Waals surface area contributed by atoms with Crippen molar-refractivity contribution in [1.29, 1.82) is 0 Å². The number of hydroxylamine groups is 1. The second-order valence-corrected chi connectivity index (χ2v) is 5.93. The van der Waals surface area contributed by atoms with E-state index in [2.05, 4.69) is 28.7 Å². The summed E-state index contributed by atoms with van der Waals surface area (Å²) < 4.78 is 1.89. The zero-order valence-electron chi connectivity index (χ0n) is 13.0. The molecule has 0 radical (unpaired) electrons. The Morgan fingerprint density at radius 3 is 2.78 bits per heavy atom. The highest BCUT2D eigenvalue weighted by Crippen LogP contribution is 2.24. The molecule has 23 heavy (non-hydrogen) atoms. The van der Waals surface area contributed by atoms with E-state index < -0.39 is 0 Å². The molecule has 6 nitrogen and oxygen atoms in total. The summed E-state index contributed by atoms with van der Waals surface area (Å²) in [4.78, 5) is 11.1. The number of amides is 1. The maximum Gasteiger partial charge on any atom is 0.243 e. The fraction of sp³-hybridized carbons (Fsp3) is 0.412. The van der Waals surface area contributed by atoms with Crippen LogP contribution >= 0.6 is 0 Å². The summed E-state index contributed by atoms with van der Waals surface area (Å²) in [5, 5.41) is 16.7. The molecule has 0 saturated heterocycles. The van der Waals surface area contributed by atoms with E-state index in [-0.39, 0.29) is 12.3 Å². The third-order valence-electron chi connectivity index (χ3n) is 3.96. The van der Waals surface area contributed by atoms with E-state index in [1.54, 1.807) is 5.48 Å². The highest BCUT2D eigenvalue weighted by Gasteiger charge is 2.21. The van der Waals surface area contributed by atoms with Crippen molar-refractivity contribution in [2.45, 2.75) is 44.8 Å². The van der Waals surface area contributed by atoms with Crippen molar-refractivity contribution in [3.8, 4) is 11.3 Å². The maximum absolute atomic E-state index is 11.1. The number of rotatable bonds is 8. The number of nitrogens with zero attached hydrogens (tertiary/aromatic N) is 2. The summed E-state index contributed by atoms with van der Waals surface area (Å²) in [6.07, 6.45) is 5.48. The summed E-state index contributed by atoms with van der Waals surface area (Å²) in [5.74, 6) is -0.365. The standard InChI is InChI=1S/C17H22N4O2/c22-16(20-23)7-4-10-21-12-14(11-18-15-8-9-15)17(19-21)13-5-2-1-3-6-13/h1-3,5-6,12,15,18,23H,4,7-11H2,(H,20,22). The molecular weight excluding hydrogens is 292 g/mol. The Morgan fingerprint density at radius 1 is 1.30 bits per heavy atom. The molecule has 3 N–H and O–H groups in total. The SMILES string of the molecule is O=C(CCCn1cc(CNC2CC2)c(-c2ccccc2)n1)NO. The Labute approximate surface area is 135 Å². The lowest BCUT2D eigenvalue weighted by molar-refractivity contribution is -0.129. The molecule has 1 amide bonds. The van der Waals surface area contributed by atoms with Gasteiger partial charge in [0.05, 0.1) is 5.69 Å². The number of hydrogen-bond acceptors (Lipinski definition) is 4. The topological polar surface area (TPSA) is 79.2 Å². The number of aromatic nitrogens is 2. The van der Waals surface area contributed by atoms with Crippen molar-refractivity contribution in [2.24, 2.45) is 0 Å². The second kappa shape index (κ2) is 7.39. The van der Waals surface area contributed by atoms with Crippen LogP contribution in [-0.4, -0.2) is 26.9 Å². The summed E-state index contributed by atoms with van der Waals surface area (Å²) >= 11 is 0. The number of hydrogen-bond donors (Lipinski definition) is 3. The molecule has 1 aliphatic carbocycles. The fourth-order valence-corrected chi connectivity index (χ4v) is 2.54. The Bertz CT molecular complexity index is 650. The van der Waals surface area contributed by atoms with Crippen LogP contribution in [0, 0.1) is 0 Å². The smallest absolute Gasteiger partial charge is 0.243 e. The molecule has 1 fully saturated rings. The van der Waals surface area contributed by atoms with Gasteiger partial charge in [0.2, 0.25) is 5.91 Å². The van der Waals surface area contributed by atoms with Gasteiger partial charge in [0, 0.05) is 42.9 Å². The molecule has 3 rings (SSSR count). The number of carbonyl (C=O) groups excluding carboxylic acids is 1. The molecule has 0 unspecified atom stereocenters. The minimum absolute atomic E-state index is 0.284. The van der Waals surface area contributed by atoms with Crippen LogP contribution in [0.2, 0.25) is 0 Å². The Kier molecular flexibility index (Phi) is 5.05. The molecule has 6 heteroatoms. The number of aryl methyl sites for hydroxylation is 1. The molecule has 0 aliphatic heterocycles. The van der Waals surface area contributed by atoms with Crippen LogP contribution < -0.4 is 10.8 Å². The molecule has 1 saturated carbocycles. The third-order valence-corrected chi connectivity index (χ3v) is 3.96. The van der Waals surface area contributed by atoms with Gasteiger partial charge in [0.25, 0.3) is 0 Å². The molecular formula is C17H22N4O2. The second-order valence-electron chi connectivity index (χ2n) is 5.93. The first-order chi connectivity index (χ1) is 11.3. The van der Waals surface area contributed by atoms with Gasteiger partial charge in [-0.2, -0.15) is 5.10 Å². The third kappa shape index (κ3) is 4.40. The lowest BCUT2D eigenvalue weighted by Gasteiger charge is -2.03. The van der Waals surface area contributed by atoms with Crippen molar-refractivity contribution in [2.75, 3.05) is 0 Å². The monoisotopic (exact) mass is 314 g/mol. The Balaban J connectivity index is 1.71. The normalized spacial score (nSPS) is 14.0. The molecule has 0 atom stereocenters. The van der Waals surface area contributed by atoms with Gasteiger partial charge in [-0.05, 0) is 19.3 Å². The summed E-state index contributed by atoms with van der Waals surface area (Å²) in [5.41, 5.74) is 4.93. The van der Waals surface area contributed by atoms with Crippen molar-refractivity contribution in [3.63, 3.8) is 0 Å². The van der Waals surface area contributed by atoms with Gasteiger partial charge in [0.1, 0.15) is 0 Å². The van der Waals surface area contributed by atoms with Crippen molar-refractivity contribution in [3.05, 3.63) is 42.1 Å². The van der Waals surface area contributed by atoms with E-state index in [1.807, 2.05) is 22.9 Å². The minimum atomic E-state index is -0.365. The maximum atomic E-state index is 11.1. The molecule has 122 valence electrons. The first-order valence-corrected chi connectivity index (χ1v) is 8.04. The van der Waals surface area contributed by atoms with Crippen LogP contribution in [0.1, 0.15) is 31.2 Å². The van der Waals surface area contributed by atoms with Gasteiger partial charge in [-0.3, -0.25) is 14.7 Å². The molecule has 0 spiro atoms. The van der Waals surface area contributed by atoms with E-state index in [4.69, 9.17) is 5.21 Å². The molecule has 0 bridgehead atoms. The molecule has 2 aromatic rings. The fourth-order valence-electron chi connectivity index (χ4n) is 2.54. The van der Waals surface area contributed by atoms with Crippen LogP contribution in [0.3, 0.4) is 0 Å². The summed E-state index contributed by atoms with van der Waals surface area (Å²) in [6, 6.07) is 10.8. The van der Waals surface area contributed by atoms with Crippen molar-refractivity contribution < 1.29 is 10.0 Å². The van der Waals surface area contributed by atoms with Crippen LogP contribution in [0.15, 0.2) is 36.5 Å². The van der Waals surface area contributed by atoms with Crippen LogP contribution in [0.25, 0.3) is 11.3 Å². The zero-order chi connectivity index (χ0) is 16.1. The number of benzene rings is 1. The van der Waals surface area contributed by atoms with Crippen LogP contribution in [0.4, 0.5) is 0 Å². The highest BCUT2D eigenvalue weighted by atomic mass is 16.5. The van der Waals surface area contributed by atoms with Gasteiger partial charge in [0.15, 0.2) is 0 Å². The summed E-state index contributed by atoms with van der Waals surface area (Å²) in [7, 11) is 0. The molecule has 1 aromatic heterocycles. The average molecular weight is 314 g/mol. The molecule has 1 aromatic carbocycles. The van der Waals surface area contributed by atoms with Crippen LogP contribution in [0.5, 0.6) is 0 Å². The summed E-state index contributed by atoms with van der Waals surface area (Å²) in [6.45, 7) is 1.46. The first-order valence-electron chi connectivity index (χ1n) is 8.04. The first kappa shape index (κ1) is 15.7. The van der Waals surface area contributed by atoms with Gasteiger partial charge in [-0.1, -0.05) is 30.3 Å². The molecule has 1 aliphatic rings. The van der Waals surface area contributed by atoms with Gasteiger partial charge >= 0.3 is 0 Å². The Morgan fingerprint density at radius 2 is 2.09 bits per heavy atom. The van der Waals surface area contributed by atoms with Gasteiger partial charge in [-0.15, -0.1) is 0 Å². The van der Waals surface area contributed by atoms with Gasteiger partial charge < -0.3 is 5.32 Å². The zero-order valence-corrected chi connectivity index (χ0v) is 13.0. The predicted molar refractivity (Wildman–Crippen MR) is 86.7 cm³/mol.